The van der Waals surface area contributed by atoms with E-state index in [-0.39, 0.29) is 9.90 Å². The minimum Gasteiger partial charge on any atom is -0.485 e. The van der Waals surface area contributed by atoms with Gasteiger partial charge in [0, 0.05) is 34.0 Å². The maximum Gasteiger partial charge on any atom is 0.419 e. The van der Waals surface area contributed by atoms with Gasteiger partial charge in [0.2, 0.25) is 0 Å². The third kappa shape index (κ3) is 6.58. The third-order valence-electron chi connectivity index (χ3n) is 5.10. The van der Waals surface area contributed by atoms with Gasteiger partial charge in [-0.2, -0.15) is 13.2 Å². The van der Waals surface area contributed by atoms with E-state index >= 15 is 0 Å². The van der Waals surface area contributed by atoms with Gasteiger partial charge in [0.15, 0.2) is 0 Å². The highest BCUT2D eigenvalue weighted by atomic mass is 35.5. The van der Waals surface area contributed by atoms with Crippen LogP contribution in [-0.4, -0.2) is 27.1 Å². The van der Waals surface area contributed by atoms with Gasteiger partial charge in [-0.05, 0) is 55.9 Å². The zero-order valence-corrected chi connectivity index (χ0v) is 22.0. The van der Waals surface area contributed by atoms with Crippen LogP contribution in [-0.2, 0) is 16.2 Å². The van der Waals surface area contributed by atoms with Crippen molar-refractivity contribution in [1.29, 1.82) is 0 Å². The van der Waals surface area contributed by atoms with Gasteiger partial charge in [0.1, 0.15) is 15.6 Å². The van der Waals surface area contributed by atoms with E-state index in [0.29, 0.717) is 33.8 Å². The molecule has 1 aromatic heterocycles. The van der Waals surface area contributed by atoms with E-state index in [1.807, 2.05) is 0 Å². The monoisotopic (exact) mass is 582 g/mol. The second-order valence-corrected chi connectivity index (χ2v) is 13.3. The smallest absolute Gasteiger partial charge is 0.419 e. The van der Waals surface area contributed by atoms with Crippen molar-refractivity contribution in [1.82, 2.24) is 5.32 Å². The van der Waals surface area contributed by atoms with Crippen LogP contribution in [0.2, 0.25) is 10.0 Å². The topological polar surface area (TPSA) is 67.4 Å². The number of anilines is 1. The van der Waals surface area contributed by atoms with Crippen LogP contribution >= 0.6 is 46.3 Å². The number of nitrogens with one attached hydrogen (secondary N) is 2. The van der Waals surface area contributed by atoms with Crippen LogP contribution < -0.4 is 14.8 Å². The first-order valence-corrected chi connectivity index (χ1v) is 14.1. The van der Waals surface area contributed by atoms with Gasteiger partial charge in [-0.1, -0.05) is 35.0 Å². The molecule has 2 N–H and O–H groups in total. The van der Waals surface area contributed by atoms with Crippen molar-refractivity contribution in [2.45, 2.75) is 38.4 Å². The molecule has 0 unspecified atom stereocenters. The number of thiophene rings is 1. The van der Waals surface area contributed by atoms with E-state index in [2.05, 4.69) is 10.0 Å². The summed E-state index contributed by atoms with van der Waals surface area (Å²) in [6, 6.07) is 11.0. The summed E-state index contributed by atoms with van der Waals surface area (Å²) in [7, 11) is -4.05. The summed E-state index contributed by atoms with van der Waals surface area (Å²) in [4.78, 5) is 0.737. The number of benzene rings is 2. The minimum absolute atomic E-state index is 0.00226. The molecule has 2 aromatic carbocycles. The van der Waals surface area contributed by atoms with E-state index in [1.165, 1.54) is 17.8 Å². The summed E-state index contributed by atoms with van der Waals surface area (Å²) in [6.45, 7) is 2.71. The quantitative estimate of drug-likeness (QED) is 0.309. The first-order chi connectivity index (χ1) is 16.3. The van der Waals surface area contributed by atoms with Crippen LogP contribution in [0.5, 0.6) is 5.75 Å². The SMILES string of the molecule is C[C@@]1(Oc2cc(NS(=O)(=O)c3ccc(Sc4cc(Cl)cc(Cl)c4)s3)ccc2C(F)(F)F)CCNC1. The zero-order valence-electron chi connectivity index (χ0n) is 18.1. The largest absolute Gasteiger partial charge is 0.485 e. The number of ether oxygens (including phenoxy) is 1. The Morgan fingerprint density at radius 3 is 2.46 bits per heavy atom. The molecule has 35 heavy (non-hydrogen) atoms. The van der Waals surface area contributed by atoms with E-state index < -0.39 is 33.1 Å². The number of hydrogen-bond acceptors (Lipinski definition) is 6. The molecule has 1 atom stereocenters. The Morgan fingerprint density at radius 2 is 1.83 bits per heavy atom. The van der Waals surface area contributed by atoms with Gasteiger partial charge in [-0.25, -0.2) is 8.42 Å². The zero-order chi connectivity index (χ0) is 25.4. The van der Waals surface area contributed by atoms with Gasteiger partial charge in [-0.3, -0.25) is 4.72 Å². The minimum atomic E-state index is -4.65. The fraction of sp³-hybridized carbons (Fsp3) is 0.273. The third-order valence-corrected chi connectivity index (χ3v) is 9.60. The van der Waals surface area contributed by atoms with Crippen LogP contribution in [0.15, 0.2) is 61.8 Å². The van der Waals surface area contributed by atoms with Crippen LogP contribution in [0.25, 0.3) is 0 Å². The van der Waals surface area contributed by atoms with Crippen LogP contribution in [0, 0.1) is 0 Å². The highest BCUT2D eigenvalue weighted by Crippen LogP contribution is 2.41. The van der Waals surface area contributed by atoms with Crippen molar-refractivity contribution >= 4 is 62.0 Å². The van der Waals surface area contributed by atoms with E-state index in [4.69, 9.17) is 27.9 Å². The molecule has 4 rings (SSSR count). The maximum absolute atomic E-state index is 13.6. The highest BCUT2D eigenvalue weighted by Gasteiger charge is 2.38. The maximum atomic E-state index is 13.6. The molecule has 0 bridgehead atoms. The molecule has 5 nitrogen and oxygen atoms in total. The predicted molar refractivity (Wildman–Crippen MR) is 134 cm³/mol. The summed E-state index contributed by atoms with van der Waals surface area (Å²) < 4.78 is 75.3. The van der Waals surface area contributed by atoms with Gasteiger partial charge >= 0.3 is 6.18 Å². The summed E-state index contributed by atoms with van der Waals surface area (Å²) >= 11 is 14.3. The molecule has 1 aliphatic heterocycles. The van der Waals surface area contributed by atoms with Crippen LogP contribution in [0.3, 0.4) is 0 Å². The average molecular weight is 584 g/mol. The molecule has 13 heteroatoms. The van der Waals surface area contributed by atoms with E-state index in [0.717, 1.165) is 34.4 Å². The molecule has 3 aromatic rings. The summed E-state index contributed by atoms with van der Waals surface area (Å²) in [5.41, 5.74) is -1.84. The lowest BCUT2D eigenvalue weighted by molar-refractivity contribution is -0.139. The first kappa shape index (κ1) is 26.4. The Labute approximate surface area is 219 Å². The van der Waals surface area contributed by atoms with E-state index in [1.54, 1.807) is 31.2 Å². The Kier molecular flexibility index (Phi) is 7.57. The average Bonchev–Trinajstić information content (AvgIpc) is 3.36. The van der Waals surface area contributed by atoms with E-state index in [9.17, 15) is 21.6 Å². The Morgan fingerprint density at radius 1 is 1.11 bits per heavy atom. The lowest BCUT2D eigenvalue weighted by atomic mass is 10.1. The molecular formula is C22H19Cl2F3N2O3S3. The summed E-state index contributed by atoms with van der Waals surface area (Å²) in [6.07, 6.45) is -4.13. The predicted octanol–water partition coefficient (Wildman–Crippen LogP) is 7.16. The number of rotatable bonds is 7. The second kappa shape index (κ2) is 10.0. The number of hydrogen-bond donors (Lipinski definition) is 2. The van der Waals surface area contributed by atoms with Crippen molar-refractivity contribution in [2.24, 2.45) is 0 Å². The number of halogens is 5. The molecular weight excluding hydrogens is 564 g/mol. The molecule has 0 aliphatic carbocycles. The lowest BCUT2D eigenvalue weighted by Gasteiger charge is -2.27. The molecule has 1 fully saturated rings. The first-order valence-electron chi connectivity index (χ1n) is 10.2. The molecule has 1 aliphatic rings. The fourth-order valence-electron chi connectivity index (χ4n) is 3.46. The fourth-order valence-corrected chi connectivity index (χ4v) is 7.83. The van der Waals surface area contributed by atoms with Gasteiger partial charge in [-0.15, -0.1) is 11.3 Å². The number of sulfonamides is 1. The number of alkyl halides is 3. The molecule has 1 saturated heterocycles. The normalized spacial score (nSPS) is 18.6. The molecule has 2 heterocycles. The molecule has 0 radical (unpaired) electrons. The second-order valence-electron chi connectivity index (χ2n) is 8.07. The Hall–Kier alpha value is -1.63. The van der Waals surface area contributed by atoms with Crippen molar-refractivity contribution in [3.05, 3.63) is 64.1 Å². The van der Waals surface area contributed by atoms with Gasteiger partial charge in [0.05, 0.1) is 15.5 Å². The molecule has 0 saturated carbocycles. The highest BCUT2D eigenvalue weighted by molar-refractivity contribution is 8.02. The Balaban J connectivity index is 1.56. The summed E-state index contributed by atoms with van der Waals surface area (Å²) in [5.74, 6) is -0.427. The summed E-state index contributed by atoms with van der Waals surface area (Å²) in [5, 5.41) is 3.96. The van der Waals surface area contributed by atoms with Crippen molar-refractivity contribution in [2.75, 3.05) is 17.8 Å². The Bertz CT molecular complexity index is 1320. The van der Waals surface area contributed by atoms with Crippen molar-refractivity contribution in [3.8, 4) is 5.75 Å². The van der Waals surface area contributed by atoms with Crippen LogP contribution in [0.1, 0.15) is 18.9 Å². The molecule has 0 spiro atoms. The molecule has 0 amide bonds. The van der Waals surface area contributed by atoms with Crippen molar-refractivity contribution in [3.63, 3.8) is 0 Å². The standard InChI is InChI=1S/C22H19Cl2F3N2O3S3/c1-21(6-7-28-12-21)32-18-11-15(2-3-17(18)22(25,26)27)29-35(30,31)20-5-4-19(34-20)33-16-9-13(23)8-14(24)10-16/h2-5,8-11,28-29H,6-7,12H2,1H3/t21-/m1/s1. The van der Waals surface area contributed by atoms with Gasteiger partial charge < -0.3 is 10.1 Å². The van der Waals surface area contributed by atoms with Gasteiger partial charge in [0.25, 0.3) is 10.0 Å². The molecule has 188 valence electrons. The van der Waals surface area contributed by atoms with Crippen LogP contribution in [0.4, 0.5) is 18.9 Å². The lowest BCUT2D eigenvalue weighted by Crippen LogP contribution is -2.35. The van der Waals surface area contributed by atoms with Crippen molar-refractivity contribution < 1.29 is 26.3 Å².